The van der Waals surface area contributed by atoms with Crippen LogP contribution in [0.15, 0.2) is 53.6 Å². The van der Waals surface area contributed by atoms with E-state index in [4.69, 9.17) is 4.74 Å². The summed E-state index contributed by atoms with van der Waals surface area (Å²) in [6.07, 6.45) is 6.69. The van der Waals surface area contributed by atoms with Crippen molar-refractivity contribution < 1.29 is 24.1 Å². The fraction of sp³-hybridized carbons (Fsp3) is 0.333. The van der Waals surface area contributed by atoms with Crippen LogP contribution in [0.5, 0.6) is 11.6 Å². The van der Waals surface area contributed by atoms with Crippen molar-refractivity contribution in [2.75, 3.05) is 4.90 Å². The topological polar surface area (TPSA) is 118 Å². The molecule has 10 heteroatoms. The van der Waals surface area contributed by atoms with Crippen molar-refractivity contribution in [2.24, 2.45) is 5.92 Å². The summed E-state index contributed by atoms with van der Waals surface area (Å²) < 4.78 is 21.2. The minimum absolute atomic E-state index is 0.000216. The van der Waals surface area contributed by atoms with Gasteiger partial charge in [-0.2, -0.15) is 4.68 Å². The van der Waals surface area contributed by atoms with Crippen LogP contribution in [-0.4, -0.2) is 43.2 Å². The Morgan fingerprint density at radius 1 is 1.12 bits per heavy atom. The zero-order valence-corrected chi connectivity index (χ0v) is 18.2. The molecule has 2 fully saturated rings. The van der Waals surface area contributed by atoms with Crippen molar-refractivity contribution in [3.63, 3.8) is 0 Å². The van der Waals surface area contributed by atoms with E-state index in [0.717, 1.165) is 31.7 Å². The molecule has 1 aromatic carbocycles. The SMILES string of the molecule is O=C(c1c(O)c(O)nn(-c2ccccc2F)c1=O)N(c1cccnc1)C1CCC2CCCC2O1. The minimum Gasteiger partial charge on any atom is -0.502 e. The Bertz CT molecular complexity index is 1280. The van der Waals surface area contributed by atoms with Crippen LogP contribution in [0.2, 0.25) is 0 Å². The van der Waals surface area contributed by atoms with E-state index in [-0.39, 0.29) is 11.8 Å². The number of rotatable bonds is 4. The lowest BCUT2D eigenvalue weighted by molar-refractivity contribution is -0.0675. The quantitative estimate of drug-likeness (QED) is 0.607. The molecule has 1 amide bonds. The maximum atomic E-state index is 14.4. The highest BCUT2D eigenvalue weighted by molar-refractivity contribution is 6.08. The van der Waals surface area contributed by atoms with Crippen molar-refractivity contribution in [3.05, 3.63) is 70.5 Å². The molecule has 3 aromatic rings. The van der Waals surface area contributed by atoms with E-state index in [1.807, 2.05) is 0 Å². The number of benzene rings is 1. The lowest BCUT2D eigenvalue weighted by Gasteiger charge is -2.39. The monoisotopic (exact) mass is 466 g/mol. The number of halogens is 1. The Labute approximate surface area is 194 Å². The molecule has 0 radical (unpaired) electrons. The molecule has 2 N–H and O–H groups in total. The van der Waals surface area contributed by atoms with Gasteiger partial charge in [0.05, 0.1) is 18.0 Å². The van der Waals surface area contributed by atoms with Crippen LogP contribution < -0.4 is 10.5 Å². The molecular weight excluding hydrogens is 443 g/mol. The number of aromatic nitrogens is 3. The first kappa shape index (κ1) is 22.0. The van der Waals surface area contributed by atoms with Gasteiger partial charge >= 0.3 is 0 Å². The standard InChI is InChI=1S/C24H23FN4O5/c25-16-7-1-2-8-17(16)29-24(33)20(21(30)22(31)27-29)23(32)28(15-6-4-12-26-13-15)19-11-10-14-5-3-9-18(14)34-19/h1-2,4,6-8,12-14,18-19,30H,3,5,9-11H2,(H,27,31). The van der Waals surface area contributed by atoms with Crippen molar-refractivity contribution in [1.82, 2.24) is 14.8 Å². The second kappa shape index (κ2) is 8.86. The average molecular weight is 466 g/mol. The van der Waals surface area contributed by atoms with Crippen LogP contribution in [0.1, 0.15) is 42.5 Å². The van der Waals surface area contributed by atoms with Gasteiger partial charge in [-0.25, -0.2) is 4.39 Å². The smallest absolute Gasteiger partial charge is 0.288 e. The van der Waals surface area contributed by atoms with Crippen LogP contribution in [0.25, 0.3) is 5.69 Å². The number of hydrogen-bond acceptors (Lipinski definition) is 7. The number of hydrogen-bond donors (Lipinski definition) is 2. The highest BCUT2D eigenvalue weighted by Crippen LogP contribution is 2.39. The molecule has 3 heterocycles. The molecule has 9 nitrogen and oxygen atoms in total. The van der Waals surface area contributed by atoms with E-state index < -0.39 is 40.7 Å². The molecule has 3 unspecified atom stereocenters. The molecule has 34 heavy (non-hydrogen) atoms. The van der Waals surface area contributed by atoms with E-state index >= 15 is 0 Å². The maximum absolute atomic E-state index is 14.4. The molecule has 0 spiro atoms. The van der Waals surface area contributed by atoms with Gasteiger partial charge in [0.15, 0.2) is 11.3 Å². The van der Waals surface area contributed by atoms with Gasteiger partial charge < -0.3 is 14.9 Å². The summed E-state index contributed by atoms with van der Waals surface area (Å²) in [5.41, 5.74) is -1.72. The highest BCUT2D eigenvalue weighted by Gasteiger charge is 2.40. The molecule has 1 aliphatic heterocycles. The molecule has 2 aromatic heterocycles. The van der Waals surface area contributed by atoms with Crippen molar-refractivity contribution in [3.8, 4) is 17.3 Å². The van der Waals surface area contributed by atoms with Gasteiger partial charge in [0.25, 0.3) is 17.3 Å². The largest absolute Gasteiger partial charge is 0.502 e. The first-order chi connectivity index (χ1) is 16.5. The summed E-state index contributed by atoms with van der Waals surface area (Å²) in [7, 11) is 0. The summed E-state index contributed by atoms with van der Waals surface area (Å²) in [5, 5.41) is 24.3. The van der Waals surface area contributed by atoms with Crippen LogP contribution in [0.4, 0.5) is 10.1 Å². The fourth-order valence-electron chi connectivity index (χ4n) is 4.85. The third kappa shape index (κ3) is 3.79. The molecule has 1 saturated heterocycles. The number of carbonyl (C=O) groups is 1. The number of para-hydroxylation sites is 1. The predicted octanol–water partition coefficient (Wildman–Crippen LogP) is 3.13. The Morgan fingerprint density at radius 3 is 2.71 bits per heavy atom. The normalized spacial score (nSPS) is 21.7. The summed E-state index contributed by atoms with van der Waals surface area (Å²) >= 11 is 0. The summed E-state index contributed by atoms with van der Waals surface area (Å²) in [4.78, 5) is 32.4. The Morgan fingerprint density at radius 2 is 1.94 bits per heavy atom. The van der Waals surface area contributed by atoms with Gasteiger partial charge in [-0.3, -0.25) is 19.5 Å². The Balaban J connectivity index is 1.62. The van der Waals surface area contributed by atoms with E-state index in [0.29, 0.717) is 22.7 Å². The molecule has 1 aliphatic carbocycles. The summed E-state index contributed by atoms with van der Waals surface area (Å²) in [5.74, 6) is -3.21. The predicted molar refractivity (Wildman–Crippen MR) is 119 cm³/mol. The molecule has 5 rings (SSSR count). The second-order valence-corrected chi connectivity index (χ2v) is 8.50. The van der Waals surface area contributed by atoms with Crippen molar-refractivity contribution >= 4 is 11.6 Å². The average Bonchev–Trinajstić information content (AvgIpc) is 3.31. The van der Waals surface area contributed by atoms with E-state index in [2.05, 4.69) is 10.1 Å². The van der Waals surface area contributed by atoms with Crippen molar-refractivity contribution in [2.45, 2.75) is 44.4 Å². The van der Waals surface area contributed by atoms with Gasteiger partial charge in [-0.15, -0.1) is 5.10 Å². The van der Waals surface area contributed by atoms with Gasteiger partial charge in [-0.05, 0) is 55.9 Å². The van der Waals surface area contributed by atoms with Crippen LogP contribution in [-0.2, 0) is 4.74 Å². The van der Waals surface area contributed by atoms with Gasteiger partial charge in [0, 0.05) is 6.20 Å². The first-order valence-electron chi connectivity index (χ1n) is 11.1. The second-order valence-electron chi connectivity index (χ2n) is 8.50. The van der Waals surface area contributed by atoms with E-state index in [1.165, 1.54) is 29.3 Å². The lowest BCUT2D eigenvalue weighted by Crippen LogP contribution is -2.49. The fourth-order valence-corrected chi connectivity index (χ4v) is 4.85. The molecule has 1 saturated carbocycles. The summed E-state index contributed by atoms with van der Waals surface area (Å²) in [6, 6.07) is 8.58. The van der Waals surface area contributed by atoms with E-state index in [1.54, 1.807) is 18.3 Å². The number of pyridine rings is 1. The highest BCUT2D eigenvalue weighted by atomic mass is 19.1. The Kier molecular flexibility index (Phi) is 5.74. The van der Waals surface area contributed by atoms with Crippen LogP contribution >= 0.6 is 0 Å². The number of carbonyl (C=O) groups excluding carboxylic acids is 1. The zero-order chi connectivity index (χ0) is 23.8. The molecule has 2 aliphatic rings. The zero-order valence-electron chi connectivity index (χ0n) is 18.2. The number of amides is 1. The number of aromatic hydroxyl groups is 2. The van der Waals surface area contributed by atoms with Crippen LogP contribution in [0, 0.1) is 11.7 Å². The van der Waals surface area contributed by atoms with Crippen LogP contribution in [0.3, 0.4) is 0 Å². The van der Waals surface area contributed by atoms with E-state index in [9.17, 15) is 24.2 Å². The summed E-state index contributed by atoms with van der Waals surface area (Å²) in [6.45, 7) is 0. The molecule has 0 bridgehead atoms. The molecule has 176 valence electrons. The maximum Gasteiger partial charge on any atom is 0.288 e. The number of fused-ring (bicyclic) bond motifs is 1. The Hall–Kier alpha value is -3.79. The molecular formula is C24H23FN4O5. The first-order valence-corrected chi connectivity index (χ1v) is 11.1. The van der Waals surface area contributed by atoms with Crippen molar-refractivity contribution in [1.29, 1.82) is 0 Å². The van der Waals surface area contributed by atoms with Gasteiger partial charge in [0.1, 0.15) is 17.7 Å². The minimum atomic E-state index is -1.08. The number of ether oxygens (including phenoxy) is 1. The third-order valence-electron chi connectivity index (χ3n) is 6.48. The third-order valence-corrected chi connectivity index (χ3v) is 6.48. The van der Waals surface area contributed by atoms with Gasteiger partial charge in [0.2, 0.25) is 0 Å². The lowest BCUT2D eigenvalue weighted by atomic mass is 9.95. The number of anilines is 1. The number of nitrogens with zero attached hydrogens (tertiary/aromatic N) is 4. The van der Waals surface area contributed by atoms with Gasteiger partial charge in [-0.1, -0.05) is 18.6 Å². The molecule has 3 atom stereocenters.